The standard InChI is InChI=1S/C22H21F3N6O4S/c1-3-11-26-36(32,33)18-6-4-5-15(12-18)13-31-14(2)27-20(29-31)21-28-19(30-35-21)16-7-9-17(10-8-16)34-22(23,24)25/h4-10,12,26H,3,11,13H2,1-2H3. The van der Waals surface area contributed by atoms with E-state index in [0.717, 1.165) is 12.1 Å². The number of ether oxygens (including phenoxy) is 1. The summed E-state index contributed by atoms with van der Waals surface area (Å²) in [4.78, 5) is 8.71. The van der Waals surface area contributed by atoms with Gasteiger partial charge < -0.3 is 9.26 Å². The van der Waals surface area contributed by atoms with E-state index in [4.69, 9.17) is 4.52 Å². The van der Waals surface area contributed by atoms with Gasteiger partial charge in [-0.15, -0.1) is 18.3 Å². The highest BCUT2D eigenvalue weighted by Crippen LogP contribution is 2.26. The van der Waals surface area contributed by atoms with Crippen molar-refractivity contribution in [3.63, 3.8) is 0 Å². The molecule has 2 aromatic heterocycles. The maximum Gasteiger partial charge on any atom is 0.573 e. The minimum absolute atomic E-state index is 0.0163. The fraction of sp³-hybridized carbons (Fsp3) is 0.273. The summed E-state index contributed by atoms with van der Waals surface area (Å²) in [5.74, 6) is 0.453. The molecule has 0 aliphatic rings. The van der Waals surface area contributed by atoms with Gasteiger partial charge >= 0.3 is 6.36 Å². The number of aromatic nitrogens is 5. The topological polar surface area (TPSA) is 125 Å². The molecule has 10 nitrogen and oxygen atoms in total. The second-order valence-corrected chi connectivity index (χ2v) is 9.45. The van der Waals surface area contributed by atoms with Gasteiger partial charge in [0.2, 0.25) is 21.7 Å². The summed E-state index contributed by atoms with van der Waals surface area (Å²) in [5.41, 5.74) is 1.10. The summed E-state index contributed by atoms with van der Waals surface area (Å²) in [7, 11) is -3.61. The third-order valence-electron chi connectivity index (χ3n) is 4.90. The Kier molecular flexibility index (Phi) is 7.08. The maximum atomic E-state index is 12.4. The Labute approximate surface area is 204 Å². The lowest BCUT2D eigenvalue weighted by atomic mass is 10.2. The molecular weight excluding hydrogens is 501 g/mol. The van der Waals surface area contributed by atoms with Gasteiger partial charge in [0.1, 0.15) is 11.6 Å². The van der Waals surface area contributed by atoms with Gasteiger partial charge in [-0.3, -0.25) is 0 Å². The van der Waals surface area contributed by atoms with Crippen LogP contribution in [0.15, 0.2) is 57.9 Å². The normalized spacial score (nSPS) is 12.1. The fourth-order valence-electron chi connectivity index (χ4n) is 3.20. The summed E-state index contributed by atoms with van der Waals surface area (Å²) < 4.78 is 75.0. The van der Waals surface area contributed by atoms with E-state index in [1.165, 1.54) is 18.2 Å². The van der Waals surface area contributed by atoms with Gasteiger partial charge in [-0.1, -0.05) is 24.2 Å². The van der Waals surface area contributed by atoms with Crippen molar-refractivity contribution in [2.45, 2.75) is 38.1 Å². The third-order valence-corrected chi connectivity index (χ3v) is 6.36. The number of sulfonamides is 1. The monoisotopic (exact) mass is 522 g/mol. The van der Waals surface area contributed by atoms with Crippen LogP contribution >= 0.6 is 0 Å². The molecule has 2 heterocycles. The van der Waals surface area contributed by atoms with Crippen molar-refractivity contribution in [2.75, 3.05) is 6.54 Å². The van der Waals surface area contributed by atoms with Crippen LogP contribution in [0.4, 0.5) is 13.2 Å². The van der Waals surface area contributed by atoms with E-state index >= 15 is 0 Å². The molecule has 0 aliphatic carbocycles. The van der Waals surface area contributed by atoms with Crippen LogP contribution in [0.25, 0.3) is 23.1 Å². The molecule has 0 atom stereocenters. The second kappa shape index (κ2) is 10.1. The predicted molar refractivity (Wildman–Crippen MR) is 121 cm³/mol. The Hall–Kier alpha value is -3.78. The molecule has 2 aromatic carbocycles. The van der Waals surface area contributed by atoms with Gasteiger partial charge in [-0.05, 0) is 55.3 Å². The molecule has 0 radical (unpaired) electrons. The van der Waals surface area contributed by atoms with E-state index in [0.29, 0.717) is 29.9 Å². The highest BCUT2D eigenvalue weighted by Gasteiger charge is 2.31. The molecule has 0 unspecified atom stereocenters. The Morgan fingerprint density at radius 2 is 1.83 bits per heavy atom. The molecule has 190 valence electrons. The number of benzene rings is 2. The largest absolute Gasteiger partial charge is 0.573 e. The molecule has 0 bridgehead atoms. The van der Waals surface area contributed by atoms with Gasteiger partial charge in [-0.2, -0.15) is 4.98 Å². The molecule has 0 saturated heterocycles. The van der Waals surface area contributed by atoms with Crippen molar-refractivity contribution in [2.24, 2.45) is 0 Å². The lowest BCUT2D eigenvalue weighted by molar-refractivity contribution is -0.274. The molecule has 14 heteroatoms. The number of nitrogens with zero attached hydrogens (tertiary/aromatic N) is 5. The van der Waals surface area contributed by atoms with Crippen LogP contribution in [0, 0.1) is 6.92 Å². The number of hydrogen-bond acceptors (Lipinski definition) is 8. The Bertz CT molecular complexity index is 1450. The summed E-state index contributed by atoms with van der Waals surface area (Å²) in [6, 6.07) is 11.5. The van der Waals surface area contributed by atoms with E-state index < -0.39 is 16.4 Å². The van der Waals surface area contributed by atoms with Crippen molar-refractivity contribution >= 4 is 10.0 Å². The number of nitrogens with one attached hydrogen (secondary N) is 1. The van der Waals surface area contributed by atoms with Crippen LogP contribution in [0.3, 0.4) is 0 Å². The second-order valence-electron chi connectivity index (χ2n) is 7.68. The first kappa shape index (κ1) is 25.3. The first-order chi connectivity index (χ1) is 17.0. The number of aryl methyl sites for hydroxylation is 1. The van der Waals surface area contributed by atoms with Gasteiger partial charge in [0.25, 0.3) is 5.89 Å². The smallest absolute Gasteiger partial charge is 0.406 e. The SMILES string of the molecule is CCCNS(=O)(=O)c1cccc(Cn2nc(-c3nc(-c4ccc(OC(F)(F)F)cc4)no3)nc2C)c1. The zero-order chi connectivity index (χ0) is 25.9. The Morgan fingerprint density at radius 3 is 2.53 bits per heavy atom. The molecule has 0 spiro atoms. The van der Waals surface area contributed by atoms with Crippen LogP contribution in [0.1, 0.15) is 24.7 Å². The highest BCUT2D eigenvalue weighted by atomic mass is 32.2. The first-order valence-electron chi connectivity index (χ1n) is 10.7. The summed E-state index contributed by atoms with van der Waals surface area (Å²) in [5, 5.41) is 8.22. The Morgan fingerprint density at radius 1 is 1.08 bits per heavy atom. The molecular formula is C22H21F3N6O4S. The van der Waals surface area contributed by atoms with E-state index in [9.17, 15) is 21.6 Å². The minimum Gasteiger partial charge on any atom is -0.406 e. The molecule has 0 fully saturated rings. The molecule has 36 heavy (non-hydrogen) atoms. The summed E-state index contributed by atoms with van der Waals surface area (Å²) in [6.45, 7) is 4.18. The van der Waals surface area contributed by atoms with Crippen LogP contribution in [-0.2, 0) is 16.6 Å². The van der Waals surface area contributed by atoms with Gasteiger partial charge in [0.05, 0.1) is 11.4 Å². The molecule has 0 aliphatic heterocycles. The van der Waals surface area contributed by atoms with Crippen molar-refractivity contribution in [1.82, 2.24) is 29.6 Å². The van der Waals surface area contributed by atoms with Gasteiger partial charge in [-0.25, -0.2) is 22.8 Å². The quantitative estimate of drug-likeness (QED) is 0.351. The molecule has 0 saturated carbocycles. The zero-order valence-corrected chi connectivity index (χ0v) is 20.0. The molecule has 0 amide bonds. The minimum atomic E-state index is -4.79. The lowest BCUT2D eigenvalue weighted by Crippen LogP contribution is -2.24. The van der Waals surface area contributed by atoms with Crippen LogP contribution in [0.2, 0.25) is 0 Å². The van der Waals surface area contributed by atoms with E-state index in [1.807, 2.05) is 6.92 Å². The summed E-state index contributed by atoms with van der Waals surface area (Å²) >= 11 is 0. The first-order valence-corrected chi connectivity index (χ1v) is 12.2. The Balaban J connectivity index is 1.51. The van der Waals surface area contributed by atoms with Crippen molar-refractivity contribution in [1.29, 1.82) is 0 Å². The number of hydrogen-bond donors (Lipinski definition) is 1. The van der Waals surface area contributed by atoms with Gasteiger partial charge in [0, 0.05) is 12.1 Å². The average Bonchev–Trinajstić information content (AvgIpc) is 3.45. The van der Waals surface area contributed by atoms with E-state index in [2.05, 4.69) is 29.7 Å². The number of alkyl halides is 3. The van der Waals surface area contributed by atoms with Crippen molar-refractivity contribution in [3.8, 4) is 28.9 Å². The highest BCUT2D eigenvalue weighted by molar-refractivity contribution is 7.89. The zero-order valence-electron chi connectivity index (χ0n) is 19.2. The average molecular weight is 523 g/mol. The third kappa shape index (κ3) is 6.07. The van der Waals surface area contributed by atoms with Crippen LogP contribution in [-0.4, -0.2) is 46.2 Å². The van der Waals surface area contributed by atoms with Gasteiger partial charge in [0.15, 0.2) is 0 Å². The number of halogens is 3. The predicted octanol–water partition coefficient (Wildman–Crippen LogP) is 3.94. The number of rotatable bonds is 9. The molecule has 4 aromatic rings. The lowest BCUT2D eigenvalue weighted by Gasteiger charge is -2.08. The molecule has 4 rings (SSSR count). The summed E-state index contributed by atoms with van der Waals surface area (Å²) in [6.07, 6.45) is -4.11. The van der Waals surface area contributed by atoms with Crippen LogP contribution in [0.5, 0.6) is 5.75 Å². The van der Waals surface area contributed by atoms with Crippen molar-refractivity contribution in [3.05, 3.63) is 59.9 Å². The van der Waals surface area contributed by atoms with E-state index in [1.54, 1.807) is 29.8 Å². The van der Waals surface area contributed by atoms with E-state index in [-0.39, 0.29) is 34.7 Å². The molecule has 1 N–H and O–H groups in total. The fourth-order valence-corrected chi connectivity index (χ4v) is 4.41. The van der Waals surface area contributed by atoms with Crippen LogP contribution < -0.4 is 9.46 Å². The van der Waals surface area contributed by atoms with Crippen molar-refractivity contribution < 1.29 is 30.8 Å². The maximum absolute atomic E-state index is 12.4.